The lowest BCUT2D eigenvalue weighted by Gasteiger charge is -2.05. The van der Waals surface area contributed by atoms with Gasteiger partial charge in [-0.1, -0.05) is 11.6 Å². The SMILES string of the molecule is O=C(CSC1=Nc2ccc(-c3ncccn3)cc2C1)Nc1ccc(Cl)cc1. The topological polar surface area (TPSA) is 67.2 Å². The Bertz CT molecular complexity index is 1010. The normalized spacial score (nSPS) is 12.4. The van der Waals surface area contributed by atoms with Gasteiger partial charge in [0.2, 0.25) is 5.91 Å². The first kappa shape index (κ1) is 17.7. The fourth-order valence-electron chi connectivity index (χ4n) is 2.72. The van der Waals surface area contributed by atoms with Gasteiger partial charge in [-0.25, -0.2) is 15.0 Å². The zero-order valence-corrected chi connectivity index (χ0v) is 15.8. The molecule has 1 aliphatic heterocycles. The van der Waals surface area contributed by atoms with Gasteiger partial charge in [-0.3, -0.25) is 4.79 Å². The van der Waals surface area contributed by atoms with Crippen molar-refractivity contribution in [3.63, 3.8) is 0 Å². The first-order chi connectivity index (χ1) is 13.2. The quantitative estimate of drug-likeness (QED) is 0.693. The lowest BCUT2D eigenvalue weighted by atomic mass is 10.1. The average molecular weight is 395 g/mol. The van der Waals surface area contributed by atoms with Crippen LogP contribution in [0.5, 0.6) is 0 Å². The predicted octanol–water partition coefficient (Wildman–Crippen LogP) is 4.76. The van der Waals surface area contributed by atoms with Crippen LogP contribution in [0.15, 0.2) is 65.9 Å². The molecule has 1 N–H and O–H groups in total. The number of nitrogens with zero attached hydrogens (tertiary/aromatic N) is 3. The van der Waals surface area contributed by atoms with E-state index in [0.29, 0.717) is 16.6 Å². The van der Waals surface area contributed by atoms with E-state index < -0.39 is 0 Å². The largest absolute Gasteiger partial charge is 0.325 e. The molecular formula is C20H15ClN4OS. The first-order valence-electron chi connectivity index (χ1n) is 8.33. The van der Waals surface area contributed by atoms with Crippen molar-refractivity contribution in [2.45, 2.75) is 6.42 Å². The molecule has 0 bridgehead atoms. The van der Waals surface area contributed by atoms with Crippen molar-refractivity contribution in [2.24, 2.45) is 4.99 Å². The molecule has 134 valence electrons. The number of thioether (sulfide) groups is 1. The van der Waals surface area contributed by atoms with Gasteiger partial charge < -0.3 is 5.32 Å². The minimum atomic E-state index is -0.0700. The van der Waals surface area contributed by atoms with Gasteiger partial charge in [0, 0.05) is 35.1 Å². The third kappa shape index (κ3) is 4.35. The van der Waals surface area contributed by atoms with Crippen molar-refractivity contribution in [1.82, 2.24) is 9.97 Å². The molecule has 0 saturated heterocycles. The lowest BCUT2D eigenvalue weighted by molar-refractivity contribution is -0.113. The molecule has 0 spiro atoms. The highest BCUT2D eigenvalue weighted by atomic mass is 35.5. The van der Waals surface area contributed by atoms with Crippen LogP contribution in [-0.2, 0) is 11.2 Å². The predicted molar refractivity (Wildman–Crippen MR) is 111 cm³/mol. The van der Waals surface area contributed by atoms with Gasteiger partial charge in [0.05, 0.1) is 16.5 Å². The maximum absolute atomic E-state index is 12.1. The molecule has 1 aliphatic rings. The Balaban J connectivity index is 1.35. The number of hydrogen-bond donors (Lipinski definition) is 1. The molecule has 1 amide bonds. The Morgan fingerprint density at radius 3 is 2.67 bits per heavy atom. The van der Waals surface area contributed by atoms with E-state index in [2.05, 4.69) is 26.3 Å². The van der Waals surface area contributed by atoms with E-state index >= 15 is 0 Å². The van der Waals surface area contributed by atoms with Crippen LogP contribution in [0.25, 0.3) is 11.4 Å². The first-order valence-corrected chi connectivity index (χ1v) is 9.70. The van der Waals surface area contributed by atoms with Gasteiger partial charge in [-0.2, -0.15) is 0 Å². The molecule has 3 aromatic rings. The number of fused-ring (bicyclic) bond motifs is 1. The van der Waals surface area contributed by atoms with E-state index in [1.807, 2.05) is 12.1 Å². The number of carbonyl (C=O) groups is 1. The summed E-state index contributed by atoms with van der Waals surface area (Å²) in [6.07, 6.45) is 4.17. The average Bonchev–Trinajstić information content (AvgIpc) is 3.11. The van der Waals surface area contributed by atoms with Crippen LogP contribution < -0.4 is 5.32 Å². The van der Waals surface area contributed by atoms with Crippen molar-refractivity contribution < 1.29 is 4.79 Å². The van der Waals surface area contributed by atoms with Crippen LogP contribution in [0.1, 0.15) is 5.56 Å². The standard InChI is InChI=1S/C20H15ClN4OS/c21-15-3-5-16(6-4-15)24-18(26)12-27-19-11-14-10-13(2-7-17(14)25-19)20-22-8-1-9-23-20/h1-10H,11-12H2,(H,24,26). The maximum Gasteiger partial charge on any atom is 0.234 e. The molecule has 0 fully saturated rings. The molecule has 2 heterocycles. The smallest absolute Gasteiger partial charge is 0.234 e. The van der Waals surface area contributed by atoms with Crippen molar-refractivity contribution in [3.8, 4) is 11.4 Å². The summed E-state index contributed by atoms with van der Waals surface area (Å²) < 4.78 is 0. The van der Waals surface area contributed by atoms with Crippen molar-refractivity contribution >= 4 is 45.7 Å². The number of anilines is 1. The summed E-state index contributed by atoms with van der Waals surface area (Å²) in [7, 11) is 0. The van der Waals surface area contributed by atoms with E-state index in [-0.39, 0.29) is 5.91 Å². The number of carbonyl (C=O) groups excluding carboxylic acids is 1. The number of halogens is 1. The summed E-state index contributed by atoms with van der Waals surface area (Å²) in [4.78, 5) is 25.3. The fraction of sp³-hybridized carbons (Fsp3) is 0.100. The molecule has 5 nitrogen and oxygen atoms in total. The van der Waals surface area contributed by atoms with Gasteiger partial charge in [0.25, 0.3) is 0 Å². The zero-order valence-electron chi connectivity index (χ0n) is 14.2. The van der Waals surface area contributed by atoms with Gasteiger partial charge in [0.15, 0.2) is 5.82 Å². The Morgan fingerprint density at radius 1 is 1.11 bits per heavy atom. The number of nitrogens with one attached hydrogen (secondary N) is 1. The fourth-order valence-corrected chi connectivity index (χ4v) is 3.64. The van der Waals surface area contributed by atoms with E-state index in [0.717, 1.165) is 34.0 Å². The number of benzene rings is 2. The van der Waals surface area contributed by atoms with Gasteiger partial charge in [-0.15, -0.1) is 11.8 Å². The van der Waals surface area contributed by atoms with Crippen LogP contribution in [-0.4, -0.2) is 26.7 Å². The van der Waals surface area contributed by atoms with E-state index in [1.54, 1.807) is 42.7 Å². The molecule has 0 unspecified atom stereocenters. The van der Waals surface area contributed by atoms with Crippen molar-refractivity contribution in [1.29, 1.82) is 0 Å². The molecule has 0 atom stereocenters. The molecule has 27 heavy (non-hydrogen) atoms. The van der Waals surface area contributed by atoms with E-state index in [1.165, 1.54) is 11.8 Å². The second-order valence-electron chi connectivity index (χ2n) is 5.94. The maximum atomic E-state index is 12.1. The molecule has 0 aliphatic carbocycles. The number of rotatable bonds is 4. The Labute approximate surface area is 165 Å². The van der Waals surface area contributed by atoms with Crippen molar-refractivity contribution in [2.75, 3.05) is 11.1 Å². The molecule has 1 aromatic heterocycles. The molecular weight excluding hydrogens is 380 g/mol. The Kier molecular flexibility index (Phi) is 5.18. The monoisotopic (exact) mass is 394 g/mol. The van der Waals surface area contributed by atoms with E-state index in [4.69, 9.17) is 11.6 Å². The van der Waals surface area contributed by atoms with E-state index in [9.17, 15) is 4.79 Å². The lowest BCUT2D eigenvalue weighted by Crippen LogP contribution is -2.15. The second kappa shape index (κ2) is 7.90. The summed E-state index contributed by atoms with van der Waals surface area (Å²) in [5.74, 6) is 0.937. The highest BCUT2D eigenvalue weighted by Gasteiger charge is 2.17. The van der Waals surface area contributed by atoms with Crippen LogP contribution in [0.2, 0.25) is 5.02 Å². The van der Waals surface area contributed by atoms with Crippen LogP contribution in [0.3, 0.4) is 0 Å². The Morgan fingerprint density at radius 2 is 1.89 bits per heavy atom. The third-order valence-corrected chi connectivity index (χ3v) is 5.22. The zero-order chi connectivity index (χ0) is 18.6. The minimum Gasteiger partial charge on any atom is -0.325 e. The van der Waals surface area contributed by atoms with Crippen LogP contribution in [0, 0.1) is 0 Å². The summed E-state index contributed by atoms with van der Waals surface area (Å²) in [5.41, 5.74) is 3.77. The molecule has 4 rings (SSSR count). The van der Waals surface area contributed by atoms with Gasteiger partial charge in [0.1, 0.15) is 0 Å². The number of amides is 1. The summed E-state index contributed by atoms with van der Waals surface area (Å²) >= 11 is 7.30. The molecule has 0 radical (unpaired) electrons. The van der Waals surface area contributed by atoms with Crippen molar-refractivity contribution in [3.05, 3.63) is 71.5 Å². The molecule has 7 heteroatoms. The minimum absolute atomic E-state index is 0.0700. The van der Waals surface area contributed by atoms with Gasteiger partial charge in [-0.05, 0) is 54.1 Å². The van der Waals surface area contributed by atoms with Crippen LogP contribution >= 0.6 is 23.4 Å². The number of hydrogen-bond acceptors (Lipinski definition) is 5. The summed E-state index contributed by atoms with van der Waals surface area (Å²) in [6, 6.07) is 14.9. The molecule has 2 aromatic carbocycles. The number of aliphatic imine (C=N–C) groups is 1. The van der Waals surface area contributed by atoms with Crippen LogP contribution in [0.4, 0.5) is 11.4 Å². The summed E-state index contributed by atoms with van der Waals surface area (Å²) in [5, 5.41) is 4.43. The number of aromatic nitrogens is 2. The summed E-state index contributed by atoms with van der Waals surface area (Å²) in [6.45, 7) is 0. The Hall–Kier alpha value is -2.70. The third-order valence-electron chi connectivity index (χ3n) is 3.99. The highest BCUT2D eigenvalue weighted by molar-refractivity contribution is 8.14. The second-order valence-corrected chi connectivity index (χ2v) is 7.43. The highest BCUT2D eigenvalue weighted by Crippen LogP contribution is 2.33. The van der Waals surface area contributed by atoms with Gasteiger partial charge >= 0.3 is 0 Å². The molecule has 0 saturated carbocycles.